The van der Waals surface area contributed by atoms with E-state index in [-0.39, 0.29) is 5.78 Å². The largest absolute Gasteiger partial charge is 0.385 e. The third kappa shape index (κ3) is 3.95. The number of methoxy groups -OCH3 is 1. The molecule has 96 valence electrons. The van der Waals surface area contributed by atoms with Crippen molar-refractivity contribution in [3.8, 4) is 0 Å². The highest BCUT2D eigenvalue weighted by molar-refractivity contribution is 5.94. The third-order valence-corrected chi connectivity index (χ3v) is 2.53. The maximum absolute atomic E-state index is 11.9. The van der Waals surface area contributed by atoms with Gasteiger partial charge in [0.1, 0.15) is 12.2 Å². The summed E-state index contributed by atoms with van der Waals surface area (Å²) in [6, 6.07) is 9.00. The Morgan fingerprint density at radius 1 is 1.28 bits per heavy atom. The number of allylic oxidation sites excluding steroid dienone is 3. The third-order valence-electron chi connectivity index (χ3n) is 2.53. The zero-order valence-corrected chi connectivity index (χ0v) is 10.6. The van der Waals surface area contributed by atoms with Gasteiger partial charge in [0.2, 0.25) is 0 Å². The van der Waals surface area contributed by atoms with Gasteiger partial charge in [0.15, 0.2) is 5.78 Å². The maximum atomic E-state index is 11.9. The summed E-state index contributed by atoms with van der Waals surface area (Å²) in [5, 5.41) is 10.1. The summed E-state index contributed by atoms with van der Waals surface area (Å²) in [7, 11) is 1.41. The number of aliphatic hydroxyl groups excluding tert-OH is 1. The van der Waals surface area contributed by atoms with Crippen LogP contribution in [-0.4, -0.2) is 24.1 Å². The maximum Gasteiger partial charge on any atom is 0.187 e. The first-order valence-corrected chi connectivity index (χ1v) is 5.79. The van der Waals surface area contributed by atoms with Crippen molar-refractivity contribution in [2.24, 2.45) is 0 Å². The minimum atomic E-state index is -0.959. The van der Waals surface area contributed by atoms with E-state index in [2.05, 4.69) is 0 Å². The summed E-state index contributed by atoms with van der Waals surface area (Å²) in [6.07, 6.45) is 4.76. The van der Waals surface area contributed by atoms with Gasteiger partial charge in [-0.25, -0.2) is 0 Å². The quantitative estimate of drug-likeness (QED) is 0.619. The molecule has 0 saturated heterocycles. The van der Waals surface area contributed by atoms with E-state index in [9.17, 15) is 9.90 Å². The van der Waals surface area contributed by atoms with E-state index in [1.807, 2.05) is 31.2 Å². The summed E-state index contributed by atoms with van der Waals surface area (Å²) >= 11 is 0. The minimum Gasteiger partial charge on any atom is -0.385 e. The molecule has 0 aliphatic rings. The second-order valence-corrected chi connectivity index (χ2v) is 3.80. The van der Waals surface area contributed by atoms with Crippen LogP contribution in [0, 0.1) is 0 Å². The predicted molar refractivity (Wildman–Crippen MR) is 71.2 cm³/mol. The molecule has 18 heavy (non-hydrogen) atoms. The fourth-order valence-electron chi connectivity index (χ4n) is 1.58. The van der Waals surface area contributed by atoms with Crippen molar-refractivity contribution in [3.05, 3.63) is 60.2 Å². The highest BCUT2D eigenvalue weighted by atomic mass is 16.5. The van der Waals surface area contributed by atoms with Crippen LogP contribution in [0.4, 0.5) is 0 Å². The zero-order valence-electron chi connectivity index (χ0n) is 10.6. The Morgan fingerprint density at radius 3 is 2.50 bits per heavy atom. The van der Waals surface area contributed by atoms with E-state index in [1.54, 1.807) is 24.3 Å². The van der Waals surface area contributed by atoms with Crippen LogP contribution in [-0.2, 0) is 9.53 Å². The van der Waals surface area contributed by atoms with E-state index in [1.165, 1.54) is 13.2 Å². The number of hydrogen-bond donors (Lipinski definition) is 1. The van der Waals surface area contributed by atoms with Gasteiger partial charge >= 0.3 is 0 Å². The van der Waals surface area contributed by atoms with Crippen LogP contribution < -0.4 is 0 Å². The van der Waals surface area contributed by atoms with Crippen LogP contribution in [0.3, 0.4) is 0 Å². The molecule has 0 amide bonds. The molecule has 0 aromatic heterocycles. The average molecular weight is 246 g/mol. The molecule has 0 saturated carbocycles. The van der Waals surface area contributed by atoms with Crippen molar-refractivity contribution < 1.29 is 14.6 Å². The lowest BCUT2D eigenvalue weighted by Gasteiger charge is -2.19. The molecular formula is C15H18O3. The predicted octanol–water partition coefficient (Wildman–Crippen LogP) is 2.44. The van der Waals surface area contributed by atoms with Gasteiger partial charge in [-0.2, -0.15) is 0 Å². The molecule has 0 aliphatic carbocycles. The van der Waals surface area contributed by atoms with Gasteiger partial charge in [0.25, 0.3) is 0 Å². The van der Waals surface area contributed by atoms with Crippen molar-refractivity contribution in [2.75, 3.05) is 7.11 Å². The highest BCUT2D eigenvalue weighted by Gasteiger charge is 2.25. The number of ether oxygens (including phenoxy) is 1. The Balaban J connectivity index is 2.80. The number of carbonyl (C=O) groups excluding carboxylic acids is 1. The fourth-order valence-corrected chi connectivity index (χ4v) is 1.58. The normalized spacial score (nSPS) is 15.1. The van der Waals surface area contributed by atoms with E-state index >= 15 is 0 Å². The lowest BCUT2D eigenvalue weighted by molar-refractivity contribution is -0.130. The number of hydrogen-bond acceptors (Lipinski definition) is 3. The summed E-state index contributed by atoms with van der Waals surface area (Å²) in [4.78, 5) is 11.9. The molecule has 1 aromatic rings. The molecule has 1 N–H and O–H groups in total. The molecule has 3 nitrogen and oxygen atoms in total. The Bertz CT molecular complexity index is 421. The van der Waals surface area contributed by atoms with Crippen LogP contribution in [0.5, 0.6) is 0 Å². The van der Waals surface area contributed by atoms with Gasteiger partial charge in [-0.1, -0.05) is 48.6 Å². The molecular weight excluding hydrogens is 228 g/mol. The molecule has 0 heterocycles. The second kappa shape index (κ2) is 7.58. The van der Waals surface area contributed by atoms with Crippen LogP contribution in [0.1, 0.15) is 18.6 Å². The SMILES string of the molecule is C/C=C/C=C/C(=O)[C@@H](OC)[C@H](O)c1ccccc1. The molecule has 0 aliphatic heterocycles. The van der Waals surface area contributed by atoms with Crippen LogP contribution in [0.15, 0.2) is 54.6 Å². The lowest BCUT2D eigenvalue weighted by Crippen LogP contribution is -2.28. The van der Waals surface area contributed by atoms with Crippen molar-refractivity contribution in [1.82, 2.24) is 0 Å². The lowest BCUT2D eigenvalue weighted by atomic mass is 10.0. The minimum absolute atomic E-state index is 0.257. The number of rotatable bonds is 6. The molecule has 0 unspecified atom stereocenters. The zero-order chi connectivity index (χ0) is 13.4. The monoisotopic (exact) mass is 246 g/mol. The molecule has 3 heteroatoms. The standard InChI is InChI=1S/C15H18O3/c1-3-4-6-11-13(16)15(18-2)14(17)12-9-7-5-8-10-12/h3-11,14-15,17H,1-2H3/b4-3+,11-6+/t14-,15-/m1/s1. The number of ketones is 1. The van der Waals surface area contributed by atoms with Crippen molar-refractivity contribution in [2.45, 2.75) is 19.1 Å². The second-order valence-electron chi connectivity index (χ2n) is 3.80. The number of aliphatic hydroxyl groups is 1. The fraction of sp³-hybridized carbons (Fsp3) is 0.267. The molecule has 0 fully saturated rings. The van der Waals surface area contributed by atoms with E-state index in [4.69, 9.17) is 4.74 Å². The van der Waals surface area contributed by atoms with Crippen molar-refractivity contribution >= 4 is 5.78 Å². The first kappa shape index (κ1) is 14.4. The molecule has 2 atom stereocenters. The molecule has 1 rings (SSSR count). The molecule has 0 bridgehead atoms. The summed E-state index contributed by atoms with van der Waals surface area (Å²) in [5.74, 6) is -0.257. The summed E-state index contributed by atoms with van der Waals surface area (Å²) < 4.78 is 5.08. The Labute approximate surface area is 107 Å². The Kier molecular flexibility index (Phi) is 6.05. The van der Waals surface area contributed by atoms with Crippen molar-refractivity contribution in [1.29, 1.82) is 0 Å². The smallest absolute Gasteiger partial charge is 0.187 e. The van der Waals surface area contributed by atoms with Crippen LogP contribution >= 0.6 is 0 Å². The van der Waals surface area contributed by atoms with Gasteiger partial charge < -0.3 is 9.84 Å². The molecule has 0 radical (unpaired) electrons. The van der Waals surface area contributed by atoms with E-state index in [0.29, 0.717) is 5.56 Å². The van der Waals surface area contributed by atoms with Gasteiger partial charge in [0, 0.05) is 7.11 Å². The highest BCUT2D eigenvalue weighted by Crippen LogP contribution is 2.19. The first-order chi connectivity index (χ1) is 8.70. The number of benzene rings is 1. The molecule has 0 spiro atoms. The van der Waals surface area contributed by atoms with E-state index in [0.717, 1.165) is 0 Å². The molecule has 1 aromatic carbocycles. The topological polar surface area (TPSA) is 46.5 Å². The first-order valence-electron chi connectivity index (χ1n) is 5.79. The van der Waals surface area contributed by atoms with Crippen LogP contribution in [0.25, 0.3) is 0 Å². The van der Waals surface area contributed by atoms with Crippen molar-refractivity contribution in [3.63, 3.8) is 0 Å². The van der Waals surface area contributed by atoms with Gasteiger partial charge in [-0.15, -0.1) is 0 Å². The summed E-state index contributed by atoms with van der Waals surface area (Å²) in [5.41, 5.74) is 0.664. The van der Waals surface area contributed by atoms with Gasteiger partial charge in [-0.05, 0) is 18.6 Å². The Hall–Kier alpha value is -1.71. The number of carbonyl (C=O) groups is 1. The van der Waals surface area contributed by atoms with Gasteiger partial charge in [-0.3, -0.25) is 4.79 Å². The van der Waals surface area contributed by atoms with Gasteiger partial charge in [0.05, 0.1) is 0 Å². The van der Waals surface area contributed by atoms with Crippen LogP contribution in [0.2, 0.25) is 0 Å². The van der Waals surface area contributed by atoms with E-state index < -0.39 is 12.2 Å². The summed E-state index contributed by atoms with van der Waals surface area (Å²) in [6.45, 7) is 1.86. The average Bonchev–Trinajstić information content (AvgIpc) is 2.41. The Morgan fingerprint density at radius 2 is 1.94 bits per heavy atom.